The molecule has 0 aromatic heterocycles. The first-order chi connectivity index (χ1) is 9.63. The van der Waals surface area contributed by atoms with Gasteiger partial charge < -0.3 is 20.5 Å². The number of rotatable bonds is 5. The molecular weight excluding hydrogens is 252 g/mol. The zero-order chi connectivity index (χ0) is 14.5. The van der Waals surface area contributed by atoms with Gasteiger partial charge in [-0.25, -0.2) is 0 Å². The molecule has 0 bridgehead atoms. The van der Waals surface area contributed by atoms with E-state index in [4.69, 9.17) is 15.2 Å². The molecule has 0 atom stereocenters. The van der Waals surface area contributed by atoms with E-state index in [2.05, 4.69) is 5.32 Å². The number of anilines is 2. The topological polar surface area (TPSA) is 56.5 Å². The van der Waals surface area contributed by atoms with Gasteiger partial charge in [0.05, 0.1) is 14.2 Å². The maximum absolute atomic E-state index is 5.90. The van der Waals surface area contributed by atoms with E-state index in [1.54, 1.807) is 14.2 Å². The highest BCUT2D eigenvalue weighted by Crippen LogP contribution is 2.28. The van der Waals surface area contributed by atoms with E-state index in [1.807, 2.05) is 43.3 Å². The van der Waals surface area contributed by atoms with Crippen LogP contribution in [0.2, 0.25) is 0 Å². The average Bonchev–Trinajstić information content (AvgIpc) is 2.48. The Bertz CT molecular complexity index is 597. The number of nitrogens with two attached hydrogens (primary N) is 1. The van der Waals surface area contributed by atoms with Gasteiger partial charge >= 0.3 is 0 Å². The number of ether oxygens (including phenoxy) is 2. The first kappa shape index (κ1) is 14.1. The molecule has 0 aliphatic rings. The van der Waals surface area contributed by atoms with Crippen LogP contribution in [0.5, 0.6) is 11.5 Å². The molecule has 0 radical (unpaired) electrons. The van der Waals surface area contributed by atoms with Gasteiger partial charge in [0, 0.05) is 17.9 Å². The van der Waals surface area contributed by atoms with Crippen molar-refractivity contribution < 1.29 is 9.47 Å². The van der Waals surface area contributed by atoms with Gasteiger partial charge in [0.25, 0.3) is 0 Å². The maximum Gasteiger partial charge on any atom is 0.161 e. The highest BCUT2D eigenvalue weighted by molar-refractivity contribution is 5.58. The molecule has 106 valence electrons. The molecule has 0 saturated carbocycles. The Morgan fingerprint density at radius 1 is 1.00 bits per heavy atom. The Morgan fingerprint density at radius 2 is 1.75 bits per heavy atom. The molecule has 0 unspecified atom stereocenters. The molecule has 2 aromatic carbocycles. The lowest BCUT2D eigenvalue weighted by Crippen LogP contribution is -2.01. The number of hydrogen-bond acceptors (Lipinski definition) is 4. The number of benzene rings is 2. The van der Waals surface area contributed by atoms with Crippen LogP contribution in [0.4, 0.5) is 11.4 Å². The van der Waals surface area contributed by atoms with E-state index < -0.39 is 0 Å². The van der Waals surface area contributed by atoms with Crippen molar-refractivity contribution in [1.82, 2.24) is 0 Å². The number of nitrogens with one attached hydrogen (secondary N) is 1. The van der Waals surface area contributed by atoms with Crippen LogP contribution in [-0.2, 0) is 6.54 Å². The van der Waals surface area contributed by atoms with Crippen LogP contribution in [0.3, 0.4) is 0 Å². The molecule has 3 N–H and O–H groups in total. The Labute approximate surface area is 119 Å². The van der Waals surface area contributed by atoms with Crippen molar-refractivity contribution in [2.75, 3.05) is 25.3 Å². The number of methoxy groups -OCH3 is 2. The van der Waals surface area contributed by atoms with Crippen molar-refractivity contribution in [2.45, 2.75) is 13.5 Å². The molecule has 0 saturated heterocycles. The van der Waals surface area contributed by atoms with Crippen molar-refractivity contribution >= 4 is 11.4 Å². The predicted molar refractivity (Wildman–Crippen MR) is 82.5 cm³/mol. The summed E-state index contributed by atoms with van der Waals surface area (Å²) >= 11 is 0. The molecule has 4 nitrogen and oxygen atoms in total. The standard InChI is InChI=1S/C16H20N2O2/c1-11-4-6-13(9-14(11)17)18-10-12-5-7-15(19-2)16(8-12)20-3/h4-9,18H,10,17H2,1-3H3. The summed E-state index contributed by atoms with van der Waals surface area (Å²) in [6.07, 6.45) is 0. The molecule has 0 spiro atoms. The first-order valence-electron chi connectivity index (χ1n) is 6.45. The summed E-state index contributed by atoms with van der Waals surface area (Å²) in [4.78, 5) is 0. The van der Waals surface area contributed by atoms with Gasteiger partial charge in [-0.1, -0.05) is 12.1 Å². The normalized spacial score (nSPS) is 10.2. The van der Waals surface area contributed by atoms with Gasteiger partial charge in [0.1, 0.15) is 0 Å². The Balaban J connectivity index is 2.08. The third-order valence-electron chi connectivity index (χ3n) is 3.22. The molecule has 2 aromatic rings. The minimum atomic E-state index is 0.697. The lowest BCUT2D eigenvalue weighted by molar-refractivity contribution is 0.354. The lowest BCUT2D eigenvalue weighted by Gasteiger charge is -2.11. The zero-order valence-electron chi connectivity index (χ0n) is 12.1. The smallest absolute Gasteiger partial charge is 0.161 e. The molecule has 4 heteroatoms. The SMILES string of the molecule is COc1ccc(CNc2ccc(C)c(N)c2)cc1OC. The van der Waals surface area contributed by atoms with E-state index in [0.29, 0.717) is 6.54 Å². The fraction of sp³-hybridized carbons (Fsp3) is 0.250. The third kappa shape index (κ3) is 3.15. The van der Waals surface area contributed by atoms with Crippen molar-refractivity contribution in [3.05, 3.63) is 47.5 Å². The zero-order valence-corrected chi connectivity index (χ0v) is 12.1. The summed E-state index contributed by atoms with van der Waals surface area (Å²) in [7, 11) is 3.26. The molecule has 2 rings (SSSR count). The van der Waals surface area contributed by atoms with Crippen LogP contribution in [0.25, 0.3) is 0 Å². The second-order valence-electron chi connectivity index (χ2n) is 4.61. The summed E-state index contributed by atoms with van der Waals surface area (Å²) in [5.74, 6) is 1.46. The van der Waals surface area contributed by atoms with Crippen molar-refractivity contribution in [3.63, 3.8) is 0 Å². The van der Waals surface area contributed by atoms with Crippen molar-refractivity contribution in [1.29, 1.82) is 0 Å². The molecule has 0 aliphatic heterocycles. The van der Waals surface area contributed by atoms with Gasteiger partial charge in [-0.2, -0.15) is 0 Å². The number of hydrogen-bond donors (Lipinski definition) is 2. The Kier molecular flexibility index (Phi) is 4.35. The molecule has 20 heavy (non-hydrogen) atoms. The van der Waals surface area contributed by atoms with Gasteiger partial charge in [-0.3, -0.25) is 0 Å². The van der Waals surface area contributed by atoms with Gasteiger partial charge in [0.2, 0.25) is 0 Å². The minimum absolute atomic E-state index is 0.697. The van der Waals surface area contributed by atoms with Crippen LogP contribution in [-0.4, -0.2) is 14.2 Å². The highest BCUT2D eigenvalue weighted by atomic mass is 16.5. The van der Waals surface area contributed by atoms with E-state index in [0.717, 1.165) is 34.0 Å². The quantitative estimate of drug-likeness (QED) is 0.821. The summed E-state index contributed by atoms with van der Waals surface area (Å²) in [6, 6.07) is 11.8. The first-order valence-corrected chi connectivity index (χ1v) is 6.45. The van der Waals surface area contributed by atoms with E-state index in [9.17, 15) is 0 Å². The average molecular weight is 272 g/mol. The van der Waals surface area contributed by atoms with Gasteiger partial charge in [-0.05, 0) is 42.3 Å². The van der Waals surface area contributed by atoms with E-state index >= 15 is 0 Å². The van der Waals surface area contributed by atoms with Crippen LogP contribution in [0, 0.1) is 6.92 Å². The number of aryl methyl sites for hydroxylation is 1. The Hall–Kier alpha value is -2.36. The second-order valence-corrected chi connectivity index (χ2v) is 4.61. The minimum Gasteiger partial charge on any atom is -0.493 e. The van der Waals surface area contributed by atoms with Gasteiger partial charge in [-0.15, -0.1) is 0 Å². The van der Waals surface area contributed by atoms with E-state index in [-0.39, 0.29) is 0 Å². The molecule has 0 aliphatic carbocycles. The second kappa shape index (κ2) is 6.19. The maximum atomic E-state index is 5.90. The molecule has 0 fully saturated rings. The third-order valence-corrected chi connectivity index (χ3v) is 3.22. The predicted octanol–water partition coefficient (Wildman–Crippen LogP) is 3.21. The fourth-order valence-electron chi connectivity index (χ4n) is 1.95. The van der Waals surface area contributed by atoms with Gasteiger partial charge in [0.15, 0.2) is 11.5 Å². The molecule has 0 heterocycles. The van der Waals surface area contributed by atoms with E-state index in [1.165, 1.54) is 0 Å². The number of nitrogen functional groups attached to an aromatic ring is 1. The fourth-order valence-corrected chi connectivity index (χ4v) is 1.95. The van der Waals surface area contributed by atoms with Crippen LogP contribution < -0.4 is 20.5 Å². The summed E-state index contributed by atoms with van der Waals surface area (Å²) in [5.41, 5.74) is 9.89. The molecular formula is C16H20N2O2. The Morgan fingerprint density at radius 3 is 2.40 bits per heavy atom. The highest BCUT2D eigenvalue weighted by Gasteiger charge is 2.04. The van der Waals surface area contributed by atoms with Crippen LogP contribution in [0.1, 0.15) is 11.1 Å². The van der Waals surface area contributed by atoms with Crippen LogP contribution >= 0.6 is 0 Å². The summed E-state index contributed by atoms with van der Waals surface area (Å²) < 4.78 is 10.5. The lowest BCUT2D eigenvalue weighted by atomic mass is 10.1. The summed E-state index contributed by atoms with van der Waals surface area (Å²) in [6.45, 7) is 2.69. The largest absolute Gasteiger partial charge is 0.493 e. The summed E-state index contributed by atoms with van der Waals surface area (Å²) in [5, 5.41) is 3.34. The monoisotopic (exact) mass is 272 g/mol. The van der Waals surface area contributed by atoms with Crippen LogP contribution in [0.15, 0.2) is 36.4 Å². The van der Waals surface area contributed by atoms with Crippen molar-refractivity contribution in [2.24, 2.45) is 0 Å². The van der Waals surface area contributed by atoms with Crippen molar-refractivity contribution in [3.8, 4) is 11.5 Å². The molecule has 0 amide bonds.